The van der Waals surface area contributed by atoms with Crippen molar-refractivity contribution >= 4 is 12.3 Å². The Hall–Kier alpha value is -1.14. The largest absolute Gasteiger partial charge is 0.381 e. The van der Waals surface area contributed by atoms with E-state index in [1.165, 1.54) is 0 Å². The summed E-state index contributed by atoms with van der Waals surface area (Å²) in [6.45, 7) is 4.67. The Kier molecular flexibility index (Phi) is 7.30. The molecule has 2 fully saturated rings. The van der Waals surface area contributed by atoms with E-state index in [-0.39, 0.29) is 5.91 Å². The minimum atomic E-state index is -1.15. The second-order valence-corrected chi connectivity index (χ2v) is 6.85. The van der Waals surface area contributed by atoms with Crippen LogP contribution >= 0.6 is 0 Å². The molecule has 1 saturated carbocycles. The Balaban J connectivity index is 1.91. The number of aliphatic hydroxyl groups excluding tert-OH is 1. The normalized spacial score (nSPS) is 21.5. The lowest BCUT2D eigenvalue weighted by molar-refractivity contribution is -0.137. The Morgan fingerprint density at radius 1 is 1.30 bits per heavy atom. The smallest absolute Gasteiger partial charge is 0.251 e. The van der Waals surface area contributed by atoms with E-state index in [4.69, 9.17) is 4.74 Å². The third-order valence-electron chi connectivity index (χ3n) is 4.85. The first-order valence-corrected chi connectivity index (χ1v) is 8.90. The summed E-state index contributed by atoms with van der Waals surface area (Å²) in [5, 5.41) is 13.2. The third kappa shape index (κ3) is 5.77. The Morgan fingerprint density at radius 3 is 2.57 bits per heavy atom. The van der Waals surface area contributed by atoms with Gasteiger partial charge >= 0.3 is 0 Å². The summed E-state index contributed by atoms with van der Waals surface area (Å²) in [5.41, 5.74) is 0. The first-order chi connectivity index (χ1) is 11.2. The van der Waals surface area contributed by atoms with E-state index in [0.29, 0.717) is 31.3 Å². The molecule has 0 aromatic rings. The van der Waals surface area contributed by atoms with Gasteiger partial charge in [0.1, 0.15) is 0 Å². The molecule has 6 heteroatoms. The molecular weight excluding hydrogens is 296 g/mol. The van der Waals surface area contributed by atoms with E-state index in [0.717, 1.165) is 51.7 Å². The first kappa shape index (κ1) is 18.2. The highest BCUT2D eigenvalue weighted by Gasteiger charge is 2.32. The van der Waals surface area contributed by atoms with Crippen LogP contribution in [0, 0.1) is 11.8 Å². The van der Waals surface area contributed by atoms with Crippen molar-refractivity contribution in [1.82, 2.24) is 10.2 Å². The number of nitrogens with zero attached hydrogens (tertiary/aromatic N) is 1. The molecule has 6 nitrogen and oxygen atoms in total. The maximum atomic E-state index is 12.2. The second kappa shape index (κ2) is 9.23. The molecule has 2 rings (SSSR count). The Morgan fingerprint density at radius 2 is 2.00 bits per heavy atom. The van der Waals surface area contributed by atoms with Gasteiger partial charge in [0, 0.05) is 26.3 Å². The van der Waals surface area contributed by atoms with Crippen molar-refractivity contribution < 1.29 is 19.4 Å². The lowest BCUT2D eigenvalue weighted by Crippen LogP contribution is -2.52. The minimum Gasteiger partial charge on any atom is -0.381 e. The van der Waals surface area contributed by atoms with Crippen LogP contribution in [0.3, 0.4) is 0 Å². The molecule has 0 aromatic carbocycles. The molecule has 0 spiro atoms. The third-order valence-corrected chi connectivity index (χ3v) is 4.85. The number of aliphatic hydroxyl groups is 1. The van der Waals surface area contributed by atoms with E-state index >= 15 is 0 Å². The van der Waals surface area contributed by atoms with Crippen molar-refractivity contribution in [3.63, 3.8) is 0 Å². The molecule has 0 bridgehead atoms. The van der Waals surface area contributed by atoms with Crippen molar-refractivity contribution in [2.75, 3.05) is 26.3 Å². The number of nitrogens with one attached hydrogen (secondary N) is 1. The number of ether oxygens (including phenoxy) is 1. The van der Waals surface area contributed by atoms with Gasteiger partial charge in [-0.3, -0.25) is 9.59 Å². The van der Waals surface area contributed by atoms with Crippen LogP contribution in [0.25, 0.3) is 0 Å². The second-order valence-electron chi connectivity index (χ2n) is 6.85. The van der Waals surface area contributed by atoms with Gasteiger partial charge < -0.3 is 20.1 Å². The molecule has 2 N–H and O–H groups in total. The van der Waals surface area contributed by atoms with Gasteiger partial charge in [-0.1, -0.05) is 13.3 Å². The van der Waals surface area contributed by atoms with Crippen LogP contribution < -0.4 is 5.32 Å². The van der Waals surface area contributed by atoms with Gasteiger partial charge in [0.2, 0.25) is 6.41 Å². The molecular formula is C17H30N2O4. The van der Waals surface area contributed by atoms with Crippen LogP contribution in [0.1, 0.15) is 45.4 Å². The van der Waals surface area contributed by atoms with Crippen LogP contribution in [0.4, 0.5) is 0 Å². The zero-order valence-electron chi connectivity index (χ0n) is 14.1. The molecule has 2 atom stereocenters. The van der Waals surface area contributed by atoms with Gasteiger partial charge in [-0.25, -0.2) is 0 Å². The number of hydrogen-bond acceptors (Lipinski definition) is 4. The minimum absolute atomic E-state index is 0.353. The molecule has 23 heavy (non-hydrogen) atoms. The molecule has 2 aliphatic rings. The standard InChI is InChI=1S/C17H30N2O4/c1-2-3-15(16(21)17(22)18-10-13-4-5-13)19(12-20)11-14-6-8-23-9-7-14/h12-16,21H,2-11H2,1H3,(H,18,22). The van der Waals surface area contributed by atoms with Crippen LogP contribution in [-0.4, -0.2) is 60.8 Å². The van der Waals surface area contributed by atoms with E-state index in [1.807, 2.05) is 6.92 Å². The average Bonchev–Trinajstić information content (AvgIpc) is 3.40. The first-order valence-electron chi connectivity index (χ1n) is 8.90. The van der Waals surface area contributed by atoms with E-state index < -0.39 is 12.1 Å². The number of amides is 2. The van der Waals surface area contributed by atoms with Gasteiger partial charge in [-0.2, -0.15) is 0 Å². The predicted molar refractivity (Wildman–Crippen MR) is 86.7 cm³/mol. The fraction of sp³-hybridized carbons (Fsp3) is 0.882. The van der Waals surface area contributed by atoms with Crippen LogP contribution in [0.5, 0.6) is 0 Å². The fourth-order valence-corrected chi connectivity index (χ4v) is 3.13. The SMILES string of the molecule is CCCC(C(O)C(=O)NCC1CC1)N(C=O)CC1CCOCC1. The summed E-state index contributed by atoms with van der Waals surface area (Å²) in [6.07, 6.45) is 5.22. The van der Waals surface area contributed by atoms with Crippen LogP contribution in [-0.2, 0) is 14.3 Å². The monoisotopic (exact) mass is 326 g/mol. The zero-order chi connectivity index (χ0) is 16.7. The van der Waals surface area contributed by atoms with Crippen molar-refractivity contribution in [3.8, 4) is 0 Å². The van der Waals surface area contributed by atoms with Gasteiger partial charge in [0.05, 0.1) is 6.04 Å². The molecule has 0 radical (unpaired) electrons. The topological polar surface area (TPSA) is 78.9 Å². The lowest BCUT2D eigenvalue weighted by Gasteiger charge is -2.35. The number of carbonyl (C=O) groups is 2. The molecule has 1 heterocycles. The van der Waals surface area contributed by atoms with Gasteiger partial charge in [-0.05, 0) is 43.9 Å². The maximum Gasteiger partial charge on any atom is 0.251 e. The number of hydrogen-bond donors (Lipinski definition) is 2. The van der Waals surface area contributed by atoms with E-state index in [1.54, 1.807) is 4.90 Å². The highest BCUT2D eigenvalue weighted by Crippen LogP contribution is 2.27. The van der Waals surface area contributed by atoms with Crippen LogP contribution in [0.15, 0.2) is 0 Å². The molecule has 2 unspecified atom stereocenters. The highest BCUT2D eigenvalue weighted by atomic mass is 16.5. The molecule has 2 amide bonds. The summed E-state index contributed by atoms with van der Waals surface area (Å²) < 4.78 is 5.35. The van der Waals surface area contributed by atoms with Gasteiger partial charge in [-0.15, -0.1) is 0 Å². The van der Waals surface area contributed by atoms with E-state index in [9.17, 15) is 14.7 Å². The lowest BCUT2D eigenvalue weighted by atomic mass is 9.97. The molecule has 1 saturated heterocycles. The highest BCUT2D eigenvalue weighted by molar-refractivity contribution is 5.81. The van der Waals surface area contributed by atoms with E-state index in [2.05, 4.69) is 5.32 Å². The number of rotatable bonds is 10. The zero-order valence-corrected chi connectivity index (χ0v) is 14.1. The molecule has 0 aromatic heterocycles. The van der Waals surface area contributed by atoms with Crippen LogP contribution in [0.2, 0.25) is 0 Å². The number of carbonyl (C=O) groups excluding carboxylic acids is 2. The summed E-state index contributed by atoms with van der Waals surface area (Å²) >= 11 is 0. The van der Waals surface area contributed by atoms with Crippen molar-refractivity contribution in [2.45, 2.75) is 57.6 Å². The molecule has 1 aliphatic heterocycles. The summed E-state index contributed by atoms with van der Waals surface area (Å²) in [4.78, 5) is 25.4. The predicted octanol–water partition coefficient (Wildman–Crippen LogP) is 0.927. The summed E-state index contributed by atoms with van der Waals surface area (Å²) in [5.74, 6) is 0.601. The molecule has 132 valence electrons. The van der Waals surface area contributed by atoms with Crippen molar-refractivity contribution in [1.29, 1.82) is 0 Å². The summed E-state index contributed by atoms with van der Waals surface area (Å²) in [7, 11) is 0. The Bertz CT molecular complexity index is 381. The van der Waals surface area contributed by atoms with Crippen molar-refractivity contribution in [3.05, 3.63) is 0 Å². The van der Waals surface area contributed by atoms with Gasteiger partial charge in [0.15, 0.2) is 6.10 Å². The average molecular weight is 326 g/mol. The van der Waals surface area contributed by atoms with Gasteiger partial charge in [0.25, 0.3) is 5.91 Å². The maximum absolute atomic E-state index is 12.2. The molecule has 1 aliphatic carbocycles. The quantitative estimate of drug-likeness (QED) is 0.585. The summed E-state index contributed by atoms with van der Waals surface area (Å²) in [6, 6.07) is -0.445. The Labute approximate surface area is 138 Å². The fourth-order valence-electron chi connectivity index (χ4n) is 3.13. The van der Waals surface area contributed by atoms with Crippen molar-refractivity contribution in [2.24, 2.45) is 11.8 Å².